The fourth-order valence-electron chi connectivity index (χ4n) is 3.98. The van der Waals surface area contributed by atoms with Gasteiger partial charge in [-0.2, -0.15) is 0 Å². The molecule has 0 saturated carbocycles. The van der Waals surface area contributed by atoms with Crippen molar-refractivity contribution < 1.29 is 9.53 Å². The Morgan fingerprint density at radius 3 is 2.91 bits per heavy atom. The first-order valence-electron chi connectivity index (χ1n) is 7.72. The Morgan fingerprint density at radius 1 is 1.43 bits per heavy atom. The fraction of sp³-hybridized carbons (Fsp3) is 0.500. The topological polar surface area (TPSA) is 71.2 Å². The van der Waals surface area contributed by atoms with Gasteiger partial charge in [-0.1, -0.05) is 15.9 Å². The first-order chi connectivity index (χ1) is 10.9. The zero-order valence-corrected chi connectivity index (χ0v) is 14.7. The van der Waals surface area contributed by atoms with E-state index in [1.54, 1.807) is 7.05 Å². The number of rotatable bonds is 0. The molecule has 0 radical (unpaired) electrons. The number of nitrogens with zero attached hydrogens (tertiary/aromatic N) is 3. The summed E-state index contributed by atoms with van der Waals surface area (Å²) in [5.74, 6) is 0.899. The summed E-state index contributed by atoms with van der Waals surface area (Å²) in [4.78, 5) is 21.5. The van der Waals surface area contributed by atoms with Crippen molar-refractivity contribution in [2.75, 3.05) is 27.2 Å². The van der Waals surface area contributed by atoms with Gasteiger partial charge in [0.15, 0.2) is 11.5 Å². The second-order valence-electron chi connectivity index (χ2n) is 6.55. The summed E-state index contributed by atoms with van der Waals surface area (Å²) in [6, 6.07) is 5.78. The van der Waals surface area contributed by atoms with Crippen LogP contribution in [0.5, 0.6) is 5.75 Å². The Morgan fingerprint density at radius 2 is 2.22 bits per heavy atom. The number of fused-ring (bicyclic) bond motifs is 4. The van der Waals surface area contributed by atoms with Crippen LogP contribution in [-0.4, -0.2) is 55.0 Å². The molecule has 2 N–H and O–H groups in total. The van der Waals surface area contributed by atoms with Crippen molar-refractivity contribution in [1.29, 1.82) is 0 Å². The Labute approximate surface area is 143 Å². The third-order valence-electron chi connectivity index (χ3n) is 5.18. The van der Waals surface area contributed by atoms with Crippen molar-refractivity contribution in [3.05, 3.63) is 28.2 Å². The highest BCUT2D eigenvalue weighted by molar-refractivity contribution is 9.10. The van der Waals surface area contributed by atoms with Gasteiger partial charge in [-0.3, -0.25) is 9.69 Å². The van der Waals surface area contributed by atoms with Crippen LogP contribution in [0.4, 0.5) is 0 Å². The predicted molar refractivity (Wildman–Crippen MR) is 90.2 cm³/mol. The Balaban J connectivity index is 1.96. The van der Waals surface area contributed by atoms with Gasteiger partial charge in [0, 0.05) is 36.1 Å². The number of amides is 1. The molecule has 6 nitrogen and oxygen atoms in total. The van der Waals surface area contributed by atoms with Crippen LogP contribution in [0.2, 0.25) is 0 Å². The molecule has 1 aromatic rings. The molecule has 0 bridgehead atoms. The number of ether oxygens (including phenoxy) is 1. The van der Waals surface area contributed by atoms with E-state index >= 15 is 0 Å². The highest BCUT2D eigenvalue weighted by atomic mass is 79.9. The van der Waals surface area contributed by atoms with Crippen LogP contribution in [0, 0.1) is 5.92 Å². The van der Waals surface area contributed by atoms with Crippen molar-refractivity contribution in [3.8, 4) is 5.75 Å². The van der Waals surface area contributed by atoms with Crippen molar-refractivity contribution in [1.82, 2.24) is 9.80 Å². The smallest absolute Gasteiger partial charge is 0.262 e. The van der Waals surface area contributed by atoms with Crippen LogP contribution >= 0.6 is 15.9 Å². The van der Waals surface area contributed by atoms with Crippen molar-refractivity contribution in [2.24, 2.45) is 16.6 Å². The second kappa shape index (κ2) is 4.95. The molecule has 7 heteroatoms. The van der Waals surface area contributed by atoms with Crippen LogP contribution in [0.15, 0.2) is 27.7 Å². The highest BCUT2D eigenvalue weighted by Gasteiger charge is 2.60. The van der Waals surface area contributed by atoms with Gasteiger partial charge in [0.05, 0.1) is 0 Å². The molecule has 0 aliphatic carbocycles. The van der Waals surface area contributed by atoms with Crippen molar-refractivity contribution >= 4 is 27.8 Å². The van der Waals surface area contributed by atoms with Crippen LogP contribution in [0.25, 0.3) is 0 Å². The molecular weight excluding hydrogens is 360 g/mol. The van der Waals surface area contributed by atoms with Crippen molar-refractivity contribution in [2.45, 2.75) is 18.1 Å². The SMILES string of the molecule is CN1CC[C@@H]2Oc3ccc(Br)cc3[C@@]3(N=C(N)N(C)C3=O)[C@H]2C1. The molecule has 1 aromatic carbocycles. The lowest BCUT2D eigenvalue weighted by molar-refractivity contribution is -0.137. The summed E-state index contributed by atoms with van der Waals surface area (Å²) in [7, 11) is 3.75. The van der Waals surface area contributed by atoms with Crippen LogP contribution < -0.4 is 10.5 Å². The molecule has 4 rings (SSSR count). The van der Waals surface area contributed by atoms with Gasteiger partial charge in [-0.15, -0.1) is 0 Å². The first-order valence-corrected chi connectivity index (χ1v) is 8.51. The lowest BCUT2D eigenvalue weighted by atomic mass is 9.70. The monoisotopic (exact) mass is 378 g/mol. The number of likely N-dealkylation sites (N-methyl/N-ethyl adjacent to an activating group) is 1. The Bertz CT molecular complexity index is 722. The van der Waals surface area contributed by atoms with E-state index < -0.39 is 5.54 Å². The number of likely N-dealkylation sites (tertiary alicyclic amines) is 1. The molecule has 1 spiro atoms. The number of hydrogen-bond donors (Lipinski definition) is 1. The van der Waals surface area contributed by atoms with Gasteiger partial charge < -0.3 is 15.4 Å². The summed E-state index contributed by atoms with van der Waals surface area (Å²) in [6.45, 7) is 1.71. The standard InChI is InChI=1S/C16H19BrN4O2/c1-20-6-5-13-11(8-20)16(14(22)21(2)15(18)19-16)10-7-9(17)3-4-12(10)23-13/h3-4,7,11,13H,5-6,8H2,1-2H3,(H2,18,19)/t11-,13-,16+/m0/s1. The van der Waals surface area contributed by atoms with E-state index in [-0.39, 0.29) is 23.9 Å². The lowest BCUT2D eigenvalue weighted by Crippen LogP contribution is -2.58. The molecule has 0 aromatic heterocycles. The number of piperidine rings is 1. The van der Waals surface area contributed by atoms with E-state index in [9.17, 15) is 4.79 Å². The van der Waals surface area contributed by atoms with Crippen molar-refractivity contribution in [3.63, 3.8) is 0 Å². The van der Waals surface area contributed by atoms with Crippen LogP contribution in [-0.2, 0) is 10.3 Å². The molecule has 122 valence electrons. The first kappa shape index (κ1) is 15.0. The summed E-state index contributed by atoms with van der Waals surface area (Å²) in [5.41, 5.74) is 5.84. The molecule has 23 heavy (non-hydrogen) atoms. The van der Waals surface area contributed by atoms with Crippen LogP contribution in [0.3, 0.4) is 0 Å². The van der Waals surface area contributed by atoms with E-state index in [1.807, 2.05) is 18.2 Å². The summed E-state index contributed by atoms with van der Waals surface area (Å²) >= 11 is 3.50. The number of benzene rings is 1. The van der Waals surface area contributed by atoms with Gasteiger partial charge in [0.2, 0.25) is 0 Å². The maximum atomic E-state index is 13.2. The molecule has 1 saturated heterocycles. The molecule has 3 aliphatic heterocycles. The minimum Gasteiger partial charge on any atom is -0.490 e. The summed E-state index contributed by atoms with van der Waals surface area (Å²) < 4.78 is 7.12. The van der Waals surface area contributed by atoms with E-state index in [0.29, 0.717) is 0 Å². The Hall–Kier alpha value is -1.60. The van der Waals surface area contributed by atoms with Gasteiger partial charge in [-0.05, 0) is 31.7 Å². The molecule has 1 fully saturated rings. The number of carbonyl (C=O) groups excluding carboxylic acids is 1. The van der Waals surface area contributed by atoms with E-state index in [2.05, 4.69) is 32.9 Å². The van der Waals surface area contributed by atoms with Gasteiger partial charge in [-0.25, -0.2) is 4.99 Å². The molecular formula is C16H19BrN4O2. The minimum absolute atomic E-state index is 0.0214. The second-order valence-corrected chi connectivity index (χ2v) is 7.47. The average Bonchev–Trinajstić information content (AvgIpc) is 2.75. The average molecular weight is 379 g/mol. The number of carbonyl (C=O) groups is 1. The maximum Gasteiger partial charge on any atom is 0.262 e. The van der Waals surface area contributed by atoms with E-state index in [1.165, 1.54) is 4.90 Å². The number of halogens is 1. The highest BCUT2D eigenvalue weighted by Crippen LogP contribution is 2.51. The fourth-order valence-corrected chi connectivity index (χ4v) is 4.34. The molecule has 3 heterocycles. The number of nitrogens with two attached hydrogens (primary N) is 1. The van der Waals surface area contributed by atoms with Crippen LogP contribution in [0.1, 0.15) is 12.0 Å². The quantitative estimate of drug-likeness (QED) is 0.734. The number of hydrogen-bond acceptors (Lipinski definition) is 5. The zero-order valence-electron chi connectivity index (χ0n) is 13.1. The van der Waals surface area contributed by atoms with Gasteiger partial charge in [0.25, 0.3) is 5.91 Å². The van der Waals surface area contributed by atoms with E-state index in [4.69, 9.17) is 10.5 Å². The lowest BCUT2D eigenvalue weighted by Gasteiger charge is -2.47. The van der Waals surface area contributed by atoms with Gasteiger partial charge >= 0.3 is 0 Å². The molecule has 1 amide bonds. The minimum atomic E-state index is -0.977. The molecule has 0 unspecified atom stereocenters. The third-order valence-corrected chi connectivity index (χ3v) is 5.68. The zero-order chi connectivity index (χ0) is 16.4. The van der Waals surface area contributed by atoms with E-state index in [0.717, 1.165) is 35.3 Å². The largest absolute Gasteiger partial charge is 0.490 e. The Kier molecular flexibility index (Phi) is 3.22. The number of aliphatic imine (C=N–C) groups is 1. The van der Waals surface area contributed by atoms with Gasteiger partial charge in [0.1, 0.15) is 11.9 Å². The summed E-state index contributed by atoms with van der Waals surface area (Å²) in [5, 5.41) is 0. The molecule has 3 aliphatic rings. The number of guanidine groups is 1. The predicted octanol–water partition coefficient (Wildman–Crippen LogP) is 1.14. The normalized spacial score (nSPS) is 33.3. The third kappa shape index (κ3) is 1.96. The summed E-state index contributed by atoms with van der Waals surface area (Å²) in [6.07, 6.45) is 0.858. The molecule has 3 atom stereocenters. The maximum absolute atomic E-state index is 13.2.